The lowest BCUT2D eigenvalue weighted by Crippen LogP contribution is -2.39. The highest BCUT2D eigenvalue weighted by Crippen LogP contribution is 2.34. The first-order valence-electron chi connectivity index (χ1n) is 9.32. The van der Waals surface area contributed by atoms with Crippen molar-refractivity contribution in [3.05, 3.63) is 23.8 Å². The van der Waals surface area contributed by atoms with Crippen LogP contribution in [0.25, 0.3) is 11.3 Å². The molecule has 29 heavy (non-hydrogen) atoms. The third kappa shape index (κ3) is 5.09. The highest BCUT2D eigenvalue weighted by molar-refractivity contribution is 7.98. The molecule has 1 fully saturated rings. The van der Waals surface area contributed by atoms with Crippen LogP contribution in [-0.2, 0) is 4.74 Å². The van der Waals surface area contributed by atoms with Crippen molar-refractivity contribution < 1.29 is 14.2 Å². The van der Waals surface area contributed by atoms with Crippen LogP contribution in [0.15, 0.2) is 23.4 Å². The van der Waals surface area contributed by atoms with Crippen LogP contribution in [0, 0.1) is 11.3 Å². The Labute approximate surface area is 175 Å². The van der Waals surface area contributed by atoms with Crippen LogP contribution in [0.2, 0.25) is 0 Å². The number of hydrogen-bond donors (Lipinski definition) is 1. The van der Waals surface area contributed by atoms with E-state index in [0.29, 0.717) is 40.3 Å². The Morgan fingerprint density at radius 3 is 2.62 bits per heavy atom. The molecule has 1 saturated heterocycles. The number of rotatable bonds is 8. The zero-order valence-corrected chi connectivity index (χ0v) is 17.7. The molecule has 0 radical (unpaired) electrons. The van der Waals surface area contributed by atoms with E-state index in [0.717, 1.165) is 38.4 Å². The van der Waals surface area contributed by atoms with E-state index in [4.69, 9.17) is 14.2 Å². The standard InChI is InChI=1S/C20H25N5O3S/c1-26-16-5-4-14(12-17(16)27-2)18-15(13-21)19(24-20(23-18)29-3)22-6-7-25-8-10-28-11-9-25/h4-5,12H,6-11H2,1-3H3,(H,22,23,24). The van der Waals surface area contributed by atoms with E-state index in [9.17, 15) is 5.26 Å². The average molecular weight is 416 g/mol. The quantitative estimate of drug-likeness (QED) is 0.515. The number of nitriles is 1. The van der Waals surface area contributed by atoms with Gasteiger partial charge in [0.05, 0.1) is 33.1 Å². The number of anilines is 1. The van der Waals surface area contributed by atoms with Gasteiger partial charge in [-0.1, -0.05) is 11.8 Å². The second-order valence-electron chi connectivity index (χ2n) is 6.34. The number of morpholine rings is 1. The number of nitrogens with zero attached hydrogens (tertiary/aromatic N) is 4. The van der Waals surface area contributed by atoms with E-state index >= 15 is 0 Å². The summed E-state index contributed by atoms with van der Waals surface area (Å²) >= 11 is 1.44. The lowest BCUT2D eigenvalue weighted by molar-refractivity contribution is 0.0398. The van der Waals surface area contributed by atoms with Crippen molar-refractivity contribution in [2.45, 2.75) is 5.16 Å². The van der Waals surface area contributed by atoms with Gasteiger partial charge in [0.15, 0.2) is 16.7 Å². The van der Waals surface area contributed by atoms with Crippen molar-refractivity contribution in [2.24, 2.45) is 0 Å². The molecule has 8 nitrogen and oxygen atoms in total. The second kappa shape index (κ2) is 10.3. The molecule has 154 valence electrons. The van der Waals surface area contributed by atoms with Gasteiger partial charge in [-0.05, 0) is 24.5 Å². The summed E-state index contributed by atoms with van der Waals surface area (Å²) in [5.74, 6) is 1.75. The predicted octanol–water partition coefficient (Wildman–Crippen LogP) is 2.50. The fourth-order valence-electron chi connectivity index (χ4n) is 3.11. The molecule has 1 N–H and O–H groups in total. The van der Waals surface area contributed by atoms with Gasteiger partial charge in [-0.15, -0.1) is 0 Å². The minimum atomic E-state index is 0.414. The molecule has 3 rings (SSSR count). The third-order valence-corrected chi connectivity index (χ3v) is 5.21. The van der Waals surface area contributed by atoms with Crippen LogP contribution >= 0.6 is 11.8 Å². The van der Waals surface area contributed by atoms with Crippen LogP contribution in [0.5, 0.6) is 11.5 Å². The van der Waals surface area contributed by atoms with E-state index in [2.05, 4.69) is 26.3 Å². The van der Waals surface area contributed by atoms with E-state index in [1.807, 2.05) is 24.5 Å². The minimum absolute atomic E-state index is 0.414. The lowest BCUT2D eigenvalue weighted by atomic mass is 10.1. The molecule has 0 saturated carbocycles. The van der Waals surface area contributed by atoms with Crippen LogP contribution in [0.1, 0.15) is 5.56 Å². The van der Waals surface area contributed by atoms with Crippen molar-refractivity contribution in [3.8, 4) is 28.8 Å². The second-order valence-corrected chi connectivity index (χ2v) is 7.12. The maximum atomic E-state index is 9.84. The Balaban J connectivity index is 1.89. The largest absolute Gasteiger partial charge is 0.493 e. The van der Waals surface area contributed by atoms with Crippen molar-refractivity contribution >= 4 is 17.6 Å². The number of thioether (sulfide) groups is 1. The topological polar surface area (TPSA) is 92.5 Å². The van der Waals surface area contributed by atoms with Gasteiger partial charge in [-0.3, -0.25) is 4.90 Å². The average Bonchev–Trinajstić information content (AvgIpc) is 2.78. The first-order chi connectivity index (χ1) is 14.2. The molecule has 1 aromatic carbocycles. The van der Waals surface area contributed by atoms with Crippen LogP contribution in [0.3, 0.4) is 0 Å². The smallest absolute Gasteiger partial charge is 0.189 e. The molecule has 1 aliphatic rings. The van der Waals surface area contributed by atoms with Gasteiger partial charge in [0.1, 0.15) is 17.5 Å². The molecule has 1 aliphatic heterocycles. The minimum Gasteiger partial charge on any atom is -0.493 e. The SMILES string of the molecule is COc1ccc(-c2nc(SC)nc(NCCN3CCOCC3)c2C#N)cc1OC. The maximum Gasteiger partial charge on any atom is 0.189 e. The zero-order chi connectivity index (χ0) is 20.6. The van der Waals surface area contributed by atoms with E-state index in [1.54, 1.807) is 14.2 Å². The number of nitrogens with one attached hydrogen (secondary N) is 1. The zero-order valence-electron chi connectivity index (χ0n) is 16.9. The van der Waals surface area contributed by atoms with Crippen molar-refractivity contribution in [2.75, 3.05) is 65.2 Å². The van der Waals surface area contributed by atoms with Crippen molar-refractivity contribution in [3.63, 3.8) is 0 Å². The molecule has 0 amide bonds. The van der Waals surface area contributed by atoms with E-state index in [-0.39, 0.29) is 0 Å². The molecule has 0 aliphatic carbocycles. The Bertz CT molecular complexity index is 881. The molecule has 1 aromatic heterocycles. The van der Waals surface area contributed by atoms with Gasteiger partial charge in [-0.25, -0.2) is 9.97 Å². The Morgan fingerprint density at radius 1 is 1.21 bits per heavy atom. The molecule has 0 bridgehead atoms. The summed E-state index contributed by atoms with van der Waals surface area (Å²) < 4.78 is 16.1. The highest BCUT2D eigenvalue weighted by atomic mass is 32.2. The molecule has 2 aromatic rings. The van der Waals surface area contributed by atoms with Gasteiger partial charge in [0.25, 0.3) is 0 Å². The number of ether oxygens (including phenoxy) is 3. The van der Waals surface area contributed by atoms with Gasteiger partial charge in [0, 0.05) is 31.7 Å². The summed E-state index contributed by atoms with van der Waals surface area (Å²) in [7, 11) is 3.17. The summed E-state index contributed by atoms with van der Waals surface area (Å²) in [5, 5.41) is 13.8. The summed E-state index contributed by atoms with van der Waals surface area (Å²) in [6.07, 6.45) is 1.91. The third-order valence-electron chi connectivity index (χ3n) is 4.66. The first kappa shape index (κ1) is 21.2. The molecule has 2 heterocycles. The Kier molecular flexibility index (Phi) is 7.52. The number of aromatic nitrogens is 2. The van der Waals surface area contributed by atoms with Gasteiger partial charge in [0.2, 0.25) is 0 Å². The Hall–Kier alpha value is -2.54. The van der Waals surface area contributed by atoms with Crippen LogP contribution in [0.4, 0.5) is 5.82 Å². The monoisotopic (exact) mass is 415 g/mol. The predicted molar refractivity (Wildman–Crippen MR) is 113 cm³/mol. The van der Waals surface area contributed by atoms with Gasteiger partial charge >= 0.3 is 0 Å². The lowest BCUT2D eigenvalue weighted by Gasteiger charge is -2.26. The molecular formula is C20H25N5O3S. The summed E-state index contributed by atoms with van der Waals surface area (Å²) in [5.41, 5.74) is 1.76. The van der Waals surface area contributed by atoms with E-state index in [1.165, 1.54) is 11.8 Å². The summed E-state index contributed by atoms with van der Waals surface area (Å²) in [6.45, 7) is 4.91. The van der Waals surface area contributed by atoms with Crippen molar-refractivity contribution in [1.29, 1.82) is 5.26 Å². The van der Waals surface area contributed by atoms with Crippen LogP contribution in [-0.4, -0.2) is 74.7 Å². The van der Waals surface area contributed by atoms with Crippen molar-refractivity contribution in [1.82, 2.24) is 14.9 Å². The summed E-state index contributed by atoms with van der Waals surface area (Å²) in [4.78, 5) is 11.4. The number of methoxy groups -OCH3 is 2. The van der Waals surface area contributed by atoms with E-state index < -0.39 is 0 Å². The maximum absolute atomic E-state index is 9.84. The Morgan fingerprint density at radius 2 is 1.97 bits per heavy atom. The first-order valence-corrected chi connectivity index (χ1v) is 10.5. The molecule has 9 heteroatoms. The fraction of sp³-hybridized carbons (Fsp3) is 0.450. The van der Waals surface area contributed by atoms with Crippen LogP contribution < -0.4 is 14.8 Å². The molecule has 0 unspecified atom stereocenters. The molecular weight excluding hydrogens is 390 g/mol. The molecule has 0 spiro atoms. The highest BCUT2D eigenvalue weighted by Gasteiger charge is 2.18. The normalized spacial score (nSPS) is 14.3. The number of hydrogen-bond acceptors (Lipinski definition) is 9. The van der Waals surface area contributed by atoms with Gasteiger partial charge in [-0.2, -0.15) is 5.26 Å². The van der Waals surface area contributed by atoms with Gasteiger partial charge < -0.3 is 19.5 Å². The summed E-state index contributed by atoms with van der Waals surface area (Å²) in [6, 6.07) is 7.76. The number of benzene rings is 1. The molecule has 0 atom stereocenters. The fourth-order valence-corrected chi connectivity index (χ4v) is 3.48.